The summed E-state index contributed by atoms with van der Waals surface area (Å²) in [6, 6.07) is 4.09. The molecule has 0 aliphatic rings. The molecule has 4 N–H and O–H groups in total. The van der Waals surface area contributed by atoms with Crippen molar-refractivity contribution >= 4 is 51.1 Å². The second kappa shape index (κ2) is 8.18. The number of hydrogen-bond donors (Lipinski definition) is 3. The van der Waals surface area contributed by atoms with Crippen molar-refractivity contribution in [1.29, 1.82) is 0 Å². The first-order valence-corrected chi connectivity index (χ1v) is 8.60. The molecule has 0 unspecified atom stereocenters. The maximum Gasteiger partial charge on any atom is 0.271 e. The van der Waals surface area contributed by atoms with Crippen LogP contribution in [0.5, 0.6) is 0 Å². The predicted molar refractivity (Wildman–Crippen MR) is 92.9 cm³/mol. The van der Waals surface area contributed by atoms with E-state index in [1.807, 2.05) is 11.4 Å². The number of nitrogens with one attached hydrogen (secondary N) is 2. The van der Waals surface area contributed by atoms with Crippen LogP contribution in [0, 0.1) is 0 Å². The fraction of sp³-hybridized carbons (Fsp3) is 0.308. The lowest BCUT2D eigenvalue weighted by Gasteiger charge is -2.03. The van der Waals surface area contributed by atoms with Crippen LogP contribution in [-0.2, 0) is 29.0 Å². The van der Waals surface area contributed by atoms with Gasteiger partial charge in [-0.25, -0.2) is 10.8 Å². The largest absolute Gasteiger partial charge is 0.464 e. The number of thiophene rings is 1. The van der Waals surface area contributed by atoms with Gasteiger partial charge in [0.15, 0.2) is 5.13 Å². The number of amides is 1. The number of carbonyl (C=O) groups excluding carboxylic acids is 1. The molecule has 2 aromatic rings. The molecule has 2 aromatic heterocycles. The third-order valence-electron chi connectivity index (χ3n) is 2.64. The number of thiazole rings is 1. The van der Waals surface area contributed by atoms with E-state index in [-0.39, 0.29) is 11.1 Å². The Bertz CT molecular complexity index is 653. The van der Waals surface area contributed by atoms with Gasteiger partial charge >= 0.3 is 0 Å². The maximum absolute atomic E-state index is 11.0. The first-order valence-electron chi connectivity index (χ1n) is 6.50. The number of nitrogens with two attached hydrogens (primary N) is 1. The van der Waals surface area contributed by atoms with E-state index in [9.17, 15) is 4.79 Å². The number of rotatable bonds is 6. The van der Waals surface area contributed by atoms with Gasteiger partial charge in [0, 0.05) is 22.1 Å². The van der Waals surface area contributed by atoms with Crippen molar-refractivity contribution in [2.75, 3.05) is 5.32 Å². The van der Waals surface area contributed by atoms with Gasteiger partial charge < -0.3 is 10.1 Å². The Kier molecular flexibility index (Phi) is 6.25. The second-order valence-electron chi connectivity index (χ2n) is 4.41. The van der Waals surface area contributed by atoms with Crippen molar-refractivity contribution in [3.05, 3.63) is 33.0 Å². The zero-order valence-corrected chi connectivity index (χ0v) is 14.4. The average molecular weight is 356 g/mol. The van der Waals surface area contributed by atoms with Crippen LogP contribution in [0.3, 0.4) is 0 Å². The van der Waals surface area contributed by atoms with E-state index in [2.05, 4.69) is 21.8 Å². The van der Waals surface area contributed by atoms with E-state index in [4.69, 9.17) is 22.8 Å². The van der Waals surface area contributed by atoms with Crippen LogP contribution in [0.25, 0.3) is 0 Å². The molecule has 0 radical (unpaired) electrons. The van der Waals surface area contributed by atoms with E-state index < -0.39 is 0 Å². The van der Waals surface area contributed by atoms with Gasteiger partial charge in [0.1, 0.15) is 6.61 Å². The van der Waals surface area contributed by atoms with Gasteiger partial charge in [0.25, 0.3) is 5.17 Å². The molecule has 0 saturated carbocycles. The van der Waals surface area contributed by atoms with Crippen LogP contribution < -0.4 is 16.6 Å². The number of hydrazine groups is 1. The molecular weight excluding hydrogens is 340 g/mol. The topological polar surface area (TPSA) is 89.3 Å². The van der Waals surface area contributed by atoms with E-state index in [0.717, 1.165) is 23.4 Å². The monoisotopic (exact) mass is 356 g/mol. The summed E-state index contributed by atoms with van der Waals surface area (Å²) in [5.41, 5.74) is 3.26. The molecule has 0 aliphatic heterocycles. The van der Waals surface area contributed by atoms with Crippen molar-refractivity contribution in [2.45, 2.75) is 26.4 Å². The first kappa shape index (κ1) is 16.8. The van der Waals surface area contributed by atoms with E-state index in [1.54, 1.807) is 11.3 Å². The molecule has 0 aliphatic carbocycles. The van der Waals surface area contributed by atoms with Gasteiger partial charge in [-0.1, -0.05) is 0 Å². The third kappa shape index (κ3) is 5.34. The van der Waals surface area contributed by atoms with Gasteiger partial charge in [0.05, 0.1) is 5.69 Å². The Hall–Kier alpha value is -1.55. The number of ether oxygens (including phenoxy) is 1. The molecule has 0 atom stereocenters. The molecule has 6 nitrogen and oxygen atoms in total. The van der Waals surface area contributed by atoms with E-state index in [1.165, 1.54) is 23.1 Å². The number of aromatic nitrogens is 1. The summed E-state index contributed by atoms with van der Waals surface area (Å²) in [7, 11) is 0. The van der Waals surface area contributed by atoms with Crippen LogP contribution in [0.2, 0.25) is 0 Å². The summed E-state index contributed by atoms with van der Waals surface area (Å²) in [6.45, 7) is 1.89. The first-order chi connectivity index (χ1) is 10.6. The average Bonchev–Trinajstić information content (AvgIpc) is 3.11. The number of thiocarbonyl (C=S) groups is 1. The number of hydrogen-bond acceptors (Lipinski definition) is 7. The summed E-state index contributed by atoms with van der Waals surface area (Å²) in [5.74, 6) is 5.04. The van der Waals surface area contributed by atoms with Crippen molar-refractivity contribution < 1.29 is 9.53 Å². The minimum Gasteiger partial charge on any atom is -0.464 e. The molecular formula is C13H16N4O2S3. The fourth-order valence-corrected chi connectivity index (χ4v) is 3.47. The second-order valence-corrected chi connectivity index (χ2v) is 6.90. The summed E-state index contributed by atoms with van der Waals surface area (Å²) >= 11 is 7.93. The highest BCUT2D eigenvalue weighted by Crippen LogP contribution is 2.21. The Morgan fingerprint density at radius 1 is 1.41 bits per heavy atom. The van der Waals surface area contributed by atoms with E-state index >= 15 is 0 Å². The van der Waals surface area contributed by atoms with Gasteiger partial charge in [-0.2, -0.15) is 0 Å². The maximum atomic E-state index is 11.0. The number of nitrogens with zero attached hydrogens (tertiary/aromatic N) is 1. The summed E-state index contributed by atoms with van der Waals surface area (Å²) in [5, 5.41) is 5.48. The van der Waals surface area contributed by atoms with Gasteiger partial charge in [-0.3, -0.25) is 10.2 Å². The minimum atomic E-state index is -0.103. The zero-order chi connectivity index (χ0) is 15.9. The Morgan fingerprint density at radius 2 is 2.18 bits per heavy atom. The Morgan fingerprint density at radius 3 is 2.91 bits per heavy atom. The molecule has 0 saturated heterocycles. The summed E-state index contributed by atoms with van der Waals surface area (Å²) in [6.07, 6.45) is 1.73. The highest BCUT2D eigenvalue weighted by Gasteiger charge is 2.06. The minimum absolute atomic E-state index is 0.103. The summed E-state index contributed by atoms with van der Waals surface area (Å²) < 4.78 is 5.25. The highest BCUT2D eigenvalue weighted by atomic mass is 32.1. The van der Waals surface area contributed by atoms with Gasteiger partial charge in [-0.15, -0.1) is 22.7 Å². The van der Waals surface area contributed by atoms with Gasteiger partial charge in [0.2, 0.25) is 5.91 Å². The number of aryl methyl sites for hydroxylation is 2. The van der Waals surface area contributed by atoms with Crippen LogP contribution >= 0.6 is 34.9 Å². The van der Waals surface area contributed by atoms with Crippen LogP contribution in [0.15, 0.2) is 17.5 Å². The van der Waals surface area contributed by atoms with Gasteiger partial charge in [-0.05, 0) is 37.2 Å². The lowest BCUT2D eigenvalue weighted by Crippen LogP contribution is -2.30. The molecule has 118 valence electrons. The third-order valence-corrected chi connectivity index (χ3v) is 4.80. The standard InChI is InChI=1S/C13H16N4O2S3/c1-8(18)15-12-16-9(7-21-12)2-3-10-4-5-11(22-10)6-19-13(20)17-14/h4-5,7H,2-3,6,14H2,1H3,(H,17,20)(H,15,16,18). The lowest BCUT2D eigenvalue weighted by molar-refractivity contribution is -0.114. The van der Waals surface area contributed by atoms with E-state index in [0.29, 0.717) is 11.7 Å². The molecule has 22 heavy (non-hydrogen) atoms. The summed E-state index contributed by atoms with van der Waals surface area (Å²) in [4.78, 5) is 17.7. The molecule has 0 spiro atoms. The molecule has 2 rings (SSSR count). The molecule has 0 fully saturated rings. The Labute approximate surface area is 141 Å². The molecule has 0 aromatic carbocycles. The van der Waals surface area contributed by atoms with Crippen molar-refractivity contribution in [3.8, 4) is 0 Å². The number of anilines is 1. The van der Waals surface area contributed by atoms with Crippen LogP contribution in [0.4, 0.5) is 5.13 Å². The van der Waals surface area contributed by atoms with Crippen molar-refractivity contribution in [1.82, 2.24) is 10.4 Å². The van der Waals surface area contributed by atoms with Crippen molar-refractivity contribution in [2.24, 2.45) is 5.84 Å². The quantitative estimate of drug-likeness (QED) is 0.418. The molecule has 0 bridgehead atoms. The normalized spacial score (nSPS) is 10.3. The Balaban J connectivity index is 1.81. The molecule has 9 heteroatoms. The molecule has 1 amide bonds. The fourth-order valence-electron chi connectivity index (χ4n) is 1.69. The van der Waals surface area contributed by atoms with Crippen LogP contribution in [-0.4, -0.2) is 16.1 Å². The predicted octanol–water partition coefficient (Wildman–Crippen LogP) is 2.21. The van der Waals surface area contributed by atoms with Crippen LogP contribution in [0.1, 0.15) is 22.4 Å². The zero-order valence-electron chi connectivity index (χ0n) is 11.9. The number of carbonyl (C=O) groups is 1. The SMILES string of the molecule is CC(=O)Nc1nc(CCc2ccc(COC(=S)NN)s2)cs1. The highest BCUT2D eigenvalue weighted by molar-refractivity contribution is 7.80. The smallest absolute Gasteiger partial charge is 0.271 e. The lowest BCUT2D eigenvalue weighted by atomic mass is 10.2. The molecule has 2 heterocycles. The van der Waals surface area contributed by atoms with Crippen molar-refractivity contribution in [3.63, 3.8) is 0 Å².